The lowest BCUT2D eigenvalue weighted by Crippen LogP contribution is -2.45. The summed E-state index contributed by atoms with van der Waals surface area (Å²) < 4.78 is 5.49. The van der Waals surface area contributed by atoms with Crippen molar-refractivity contribution in [2.75, 3.05) is 13.2 Å². The third-order valence-corrected chi connectivity index (χ3v) is 15.8. The lowest BCUT2D eigenvalue weighted by molar-refractivity contribution is -0.143. The van der Waals surface area contributed by atoms with Crippen LogP contribution in [0.3, 0.4) is 0 Å². The number of carbonyl (C=O) groups excluding carboxylic acids is 2. The van der Waals surface area contributed by atoms with E-state index >= 15 is 0 Å². The first kappa shape index (κ1) is 71.6. The summed E-state index contributed by atoms with van der Waals surface area (Å²) in [5, 5.41) is 23.4. The number of ether oxygens (including phenoxy) is 1. The van der Waals surface area contributed by atoms with E-state index in [0.717, 1.165) is 44.9 Å². The molecule has 2 unspecified atom stereocenters. The summed E-state index contributed by atoms with van der Waals surface area (Å²) >= 11 is 0. The van der Waals surface area contributed by atoms with E-state index in [2.05, 4.69) is 31.3 Å². The van der Waals surface area contributed by atoms with Crippen molar-refractivity contribution in [3.05, 3.63) is 12.2 Å². The fourth-order valence-corrected chi connectivity index (χ4v) is 10.7. The molecule has 0 aliphatic carbocycles. The van der Waals surface area contributed by atoms with E-state index < -0.39 is 12.1 Å². The Labute approximate surface area is 457 Å². The molecule has 434 valence electrons. The fourth-order valence-electron chi connectivity index (χ4n) is 10.7. The average molecular weight is 1030 g/mol. The maximum atomic E-state index is 12.5. The van der Waals surface area contributed by atoms with Crippen molar-refractivity contribution in [3.63, 3.8) is 0 Å². The summed E-state index contributed by atoms with van der Waals surface area (Å²) in [5.74, 6) is -0.0282. The highest BCUT2D eigenvalue weighted by molar-refractivity contribution is 5.76. The monoisotopic (exact) mass is 1030 g/mol. The van der Waals surface area contributed by atoms with Crippen LogP contribution in [0.4, 0.5) is 0 Å². The molecule has 73 heavy (non-hydrogen) atoms. The second-order valence-corrected chi connectivity index (χ2v) is 23.2. The largest absolute Gasteiger partial charge is 0.466 e. The molecule has 0 bridgehead atoms. The van der Waals surface area contributed by atoms with Crippen LogP contribution in [-0.4, -0.2) is 47.4 Å². The number of hydrogen-bond acceptors (Lipinski definition) is 5. The van der Waals surface area contributed by atoms with Gasteiger partial charge >= 0.3 is 5.97 Å². The fraction of sp³-hybridized carbons (Fsp3) is 0.940. The van der Waals surface area contributed by atoms with Crippen LogP contribution in [-0.2, 0) is 14.3 Å². The van der Waals surface area contributed by atoms with Crippen LogP contribution in [0.2, 0.25) is 0 Å². The number of carbonyl (C=O) groups is 2. The number of aliphatic hydroxyl groups is 2. The number of esters is 1. The smallest absolute Gasteiger partial charge is 0.305 e. The number of unbranched alkanes of at least 4 members (excludes halogenated alkanes) is 50. The molecule has 0 aromatic carbocycles. The van der Waals surface area contributed by atoms with E-state index in [0.29, 0.717) is 25.9 Å². The van der Waals surface area contributed by atoms with Gasteiger partial charge in [0.05, 0.1) is 25.4 Å². The SMILES string of the molecule is CCCCCCCCC/C=C\CCCCCCCC(=O)OCCCCCCCCCCCCCCCCCCCCCCC(=O)NC(CO)C(O)CCCCCCCCCCCCCCCCCCCCCC. The number of amides is 1. The van der Waals surface area contributed by atoms with Crippen molar-refractivity contribution in [1.82, 2.24) is 5.32 Å². The van der Waals surface area contributed by atoms with Crippen LogP contribution in [0.5, 0.6) is 0 Å². The second kappa shape index (κ2) is 63.1. The molecular formula is C67H131NO5. The van der Waals surface area contributed by atoms with Crippen LogP contribution >= 0.6 is 0 Å². The van der Waals surface area contributed by atoms with E-state index in [1.165, 1.54) is 302 Å². The summed E-state index contributed by atoms with van der Waals surface area (Å²) in [6.07, 6.45) is 76.6. The molecule has 3 N–H and O–H groups in total. The molecule has 0 heterocycles. The number of allylic oxidation sites excluding steroid dienone is 2. The third kappa shape index (κ3) is 59.7. The van der Waals surface area contributed by atoms with Crippen molar-refractivity contribution < 1.29 is 24.5 Å². The predicted molar refractivity (Wildman–Crippen MR) is 320 cm³/mol. The maximum absolute atomic E-state index is 12.5. The van der Waals surface area contributed by atoms with Crippen molar-refractivity contribution in [1.29, 1.82) is 0 Å². The molecule has 0 radical (unpaired) electrons. The molecular weight excluding hydrogens is 899 g/mol. The minimum atomic E-state index is -0.666. The van der Waals surface area contributed by atoms with Gasteiger partial charge in [0.25, 0.3) is 0 Å². The van der Waals surface area contributed by atoms with E-state index in [4.69, 9.17) is 4.74 Å². The van der Waals surface area contributed by atoms with E-state index in [-0.39, 0.29) is 18.5 Å². The summed E-state index contributed by atoms with van der Waals surface area (Å²) in [7, 11) is 0. The molecule has 0 aliphatic rings. The van der Waals surface area contributed by atoms with Gasteiger partial charge in [-0.2, -0.15) is 0 Å². The maximum Gasteiger partial charge on any atom is 0.305 e. The molecule has 2 atom stereocenters. The van der Waals surface area contributed by atoms with Crippen molar-refractivity contribution in [3.8, 4) is 0 Å². The van der Waals surface area contributed by atoms with E-state index in [1.807, 2.05) is 0 Å². The zero-order chi connectivity index (χ0) is 52.9. The number of hydrogen-bond donors (Lipinski definition) is 3. The zero-order valence-corrected chi connectivity index (χ0v) is 49.6. The molecule has 0 saturated carbocycles. The normalized spacial score (nSPS) is 12.5. The highest BCUT2D eigenvalue weighted by Crippen LogP contribution is 2.19. The molecule has 6 heteroatoms. The first-order valence-electron chi connectivity index (χ1n) is 33.4. The molecule has 0 rings (SSSR count). The van der Waals surface area contributed by atoms with Gasteiger partial charge in [-0.1, -0.05) is 328 Å². The zero-order valence-electron chi connectivity index (χ0n) is 49.6. The van der Waals surface area contributed by atoms with Crippen molar-refractivity contribution in [2.24, 2.45) is 0 Å². The summed E-state index contributed by atoms with van der Waals surface area (Å²) in [6, 6.07) is -0.543. The van der Waals surface area contributed by atoms with Crippen molar-refractivity contribution >= 4 is 11.9 Å². The second-order valence-electron chi connectivity index (χ2n) is 23.2. The first-order chi connectivity index (χ1) is 36.0. The van der Waals surface area contributed by atoms with Crippen LogP contribution < -0.4 is 5.32 Å². The van der Waals surface area contributed by atoms with Crippen molar-refractivity contribution in [2.45, 2.75) is 392 Å². The Balaban J connectivity index is 3.39. The van der Waals surface area contributed by atoms with Crippen LogP contribution in [0.1, 0.15) is 380 Å². The molecule has 0 aromatic heterocycles. The number of rotatable bonds is 63. The Morgan fingerprint density at radius 3 is 0.973 bits per heavy atom. The Morgan fingerprint density at radius 2 is 0.644 bits per heavy atom. The Bertz CT molecular complexity index is 1100. The first-order valence-corrected chi connectivity index (χ1v) is 33.4. The standard InChI is InChI=1S/C67H131NO5/c1-3-5-7-9-11-13-15-17-19-21-22-25-28-31-35-39-43-47-51-55-59-65(70)64(63-69)68-66(71)60-56-52-48-44-40-36-32-29-26-23-24-27-30-34-38-42-46-50-54-58-62-73-67(72)61-57-53-49-45-41-37-33-20-18-16-14-12-10-8-6-4-2/h20,33,64-65,69-70H,3-19,21-32,34-63H2,1-2H3,(H,68,71)/b33-20-. The van der Waals surface area contributed by atoms with Gasteiger partial charge in [-0.15, -0.1) is 0 Å². The lowest BCUT2D eigenvalue weighted by Gasteiger charge is -2.22. The summed E-state index contributed by atoms with van der Waals surface area (Å²) in [4.78, 5) is 24.6. The minimum Gasteiger partial charge on any atom is -0.466 e. The summed E-state index contributed by atoms with van der Waals surface area (Å²) in [6.45, 7) is 4.98. The van der Waals surface area contributed by atoms with Crippen LogP contribution in [0.25, 0.3) is 0 Å². The molecule has 0 spiro atoms. The van der Waals surface area contributed by atoms with Gasteiger partial charge in [0.2, 0.25) is 5.91 Å². The van der Waals surface area contributed by atoms with Crippen LogP contribution in [0, 0.1) is 0 Å². The van der Waals surface area contributed by atoms with E-state index in [1.54, 1.807) is 0 Å². The Kier molecular flexibility index (Phi) is 61.9. The van der Waals surface area contributed by atoms with Gasteiger partial charge in [-0.05, 0) is 51.4 Å². The number of aliphatic hydroxyl groups excluding tert-OH is 2. The predicted octanol–water partition coefficient (Wildman–Crippen LogP) is 21.2. The molecule has 0 saturated heterocycles. The lowest BCUT2D eigenvalue weighted by atomic mass is 10.0. The van der Waals surface area contributed by atoms with Gasteiger partial charge in [0, 0.05) is 12.8 Å². The third-order valence-electron chi connectivity index (χ3n) is 15.8. The van der Waals surface area contributed by atoms with Crippen LogP contribution in [0.15, 0.2) is 12.2 Å². The minimum absolute atomic E-state index is 0.00442. The molecule has 0 aromatic rings. The molecule has 1 amide bonds. The number of nitrogens with one attached hydrogen (secondary N) is 1. The highest BCUT2D eigenvalue weighted by Gasteiger charge is 2.20. The Hall–Kier alpha value is -1.40. The van der Waals surface area contributed by atoms with Gasteiger partial charge in [0.15, 0.2) is 0 Å². The van der Waals surface area contributed by atoms with Gasteiger partial charge in [0.1, 0.15) is 0 Å². The topological polar surface area (TPSA) is 95.9 Å². The van der Waals surface area contributed by atoms with Gasteiger partial charge < -0.3 is 20.3 Å². The molecule has 0 fully saturated rings. The Morgan fingerprint density at radius 1 is 0.370 bits per heavy atom. The van der Waals surface area contributed by atoms with E-state index in [9.17, 15) is 19.8 Å². The molecule has 6 nitrogen and oxygen atoms in total. The van der Waals surface area contributed by atoms with Gasteiger partial charge in [-0.25, -0.2) is 0 Å². The highest BCUT2D eigenvalue weighted by atomic mass is 16.5. The average Bonchev–Trinajstić information content (AvgIpc) is 3.39. The summed E-state index contributed by atoms with van der Waals surface area (Å²) in [5.41, 5.74) is 0. The quantitative estimate of drug-likeness (QED) is 0.0320. The molecule has 0 aliphatic heterocycles. The van der Waals surface area contributed by atoms with Gasteiger partial charge in [-0.3, -0.25) is 9.59 Å².